The standard InChI is InChI=1S/C65H44N2/c1-64(2)53-21-8-5-17-47(53)48-36-35-45(39-58(48)64)66(44-33-31-40(32-34-44)41-29-30-43-37-42-15-3-4-16-46(42)52(43)38-41)61-28-14-24-56-62(61)51-19-6-9-22-54(51)65(56)55-23-10-12-27-60(55)67-59-26-11-7-18-49(59)50-20-13-25-57(65)63(50)67/h3-36,38-39H,37H2,1-2H3. The molecule has 4 aliphatic rings. The van der Waals surface area contributed by atoms with Gasteiger partial charge in [0.15, 0.2) is 0 Å². The fraction of sp³-hybridized carbons (Fsp3) is 0.0769. The van der Waals surface area contributed by atoms with Gasteiger partial charge in [-0.1, -0.05) is 184 Å². The lowest BCUT2D eigenvalue weighted by Gasteiger charge is -2.39. The third-order valence-electron chi connectivity index (χ3n) is 16.0. The van der Waals surface area contributed by atoms with Gasteiger partial charge in [0.2, 0.25) is 0 Å². The summed E-state index contributed by atoms with van der Waals surface area (Å²) in [6.07, 6.45) is 0.998. The van der Waals surface area contributed by atoms with Gasteiger partial charge in [-0.2, -0.15) is 0 Å². The zero-order valence-electron chi connectivity index (χ0n) is 37.4. The molecular formula is C65H44N2. The Kier molecular flexibility index (Phi) is 7.31. The van der Waals surface area contributed by atoms with Crippen LogP contribution in [-0.4, -0.2) is 4.57 Å². The van der Waals surface area contributed by atoms with Crippen molar-refractivity contribution < 1.29 is 0 Å². The predicted octanol–water partition coefficient (Wildman–Crippen LogP) is 16.5. The highest BCUT2D eigenvalue weighted by atomic mass is 15.1. The molecule has 11 aromatic rings. The summed E-state index contributed by atoms with van der Waals surface area (Å²) in [5.74, 6) is 0. The molecule has 2 heteroatoms. The first-order valence-electron chi connectivity index (χ1n) is 23.7. The maximum atomic E-state index is 2.54. The van der Waals surface area contributed by atoms with E-state index in [-0.39, 0.29) is 5.41 Å². The molecule has 15 rings (SSSR count). The molecule has 2 heterocycles. The smallest absolute Gasteiger partial charge is 0.0755 e. The fourth-order valence-electron chi connectivity index (χ4n) is 13.1. The number of nitrogens with zero attached hydrogens (tertiary/aromatic N) is 2. The van der Waals surface area contributed by atoms with Gasteiger partial charge < -0.3 is 9.47 Å². The van der Waals surface area contributed by atoms with Gasteiger partial charge in [0.1, 0.15) is 0 Å². The molecule has 1 aliphatic heterocycles. The number of rotatable bonds is 4. The van der Waals surface area contributed by atoms with Crippen molar-refractivity contribution in [3.05, 3.63) is 263 Å². The van der Waals surface area contributed by atoms with Crippen molar-refractivity contribution >= 4 is 38.9 Å². The van der Waals surface area contributed by atoms with Crippen LogP contribution in [-0.2, 0) is 17.3 Å². The summed E-state index contributed by atoms with van der Waals surface area (Å²) < 4.78 is 2.53. The van der Waals surface area contributed by atoms with Gasteiger partial charge in [0.05, 0.1) is 27.8 Å². The quantitative estimate of drug-likeness (QED) is 0.171. The molecule has 67 heavy (non-hydrogen) atoms. The van der Waals surface area contributed by atoms with Crippen molar-refractivity contribution in [3.63, 3.8) is 0 Å². The number of anilines is 3. The average molecular weight is 853 g/mol. The Bertz CT molecular complexity index is 3940. The van der Waals surface area contributed by atoms with E-state index in [2.05, 4.69) is 242 Å². The molecule has 1 spiro atoms. The number of para-hydroxylation sites is 3. The van der Waals surface area contributed by atoms with Crippen LogP contribution in [0.5, 0.6) is 0 Å². The minimum absolute atomic E-state index is 0.151. The zero-order valence-corrected chi connectivity index (χ0v) is 37.4. The minimum atomic E-state index is -0.550. The van der Waals surface area contributed by atoms with Gasteiger partial charge >= 0.3 is 0 Å². The van der Waals surface area contributed by atoms with E-state index >= 15 is 0 Å². The van der Waals surface area contributed by atoms with E-state index in [1.807, 2.05) is 0 Å². The van der Waals surface area contributed by atoms with E-state index in [0.717, 1.165) is 17.8 Å². The van der Waals surface area contributed by atoms with Crippen LogP contribution in [0.3, 0.4) is 0 Å². The van der Waals surface area contributed by atoms with E-state index in [4.69, 9.17) is 0 Å². The van der Waals surface area contributed by atoms with Crippen LogP contribution in [0.25, 0.3) is 72.0 Å². The molecule has 1 unspecified atom stereocenters. The van der Waals surface area contributed by atoms with Gasteiger partial charge in [-0.25, -0.2) is 0 Å². The summed E-state index contributed by atoms with van der Waals surface area (Å²) in [5.41, 5.74) is 27.7. The second kappa shape index (κ2) is 13.2. The van der Waals surface area contributed by atoms with Crippen LogP contribution in [0.2, 0.25) is 0 Å². The van der Waals surface area contributed by atoms with E-state index in [1.54, 1.807) is 0 Å². The van der Waals surface area contributed by atoms with E-state index in [0.29, 0.717) is 0 Å². The zero-order chi connectivity index (χ0) is 44.2. The van der Waals surface area contributed by atoms with Gasteiger partial charge in [-0.3, -0.25) is 0 Å². The van der Waals surface area contributed by atoms with Crippen molar-refractivity contribution in [2.75, 3.05) is 4.90 Å². The summed E-state index contributed by atoms with van der Waals surface area (Å²) in [7, 11) is 0. The number of hydrogen-bond donors (Lipinski definition) is 0. The fourth-order valence-corrected chi connectivity index (χ4v) is 13.1. The normalized spacial score (nSPS) is 16.0. The molecule has 314 valence electrons. The topological polar surface area (TPSA) is 8.17 Å². The first-order chi connectivity index (χ1) is 33.0. The van der Waals surface area contributed by atoms with Gasteiger partial charge in [-0.05, 0) is 138 Å². The summed E-state index contributed by atoms with van der Waals surface area (Å²) in [6.45, 7) is 4.77. The molecule has 0 fully saturated rings. The van der Waals surface area contributed by atoms with Gasteiger partial charge in [0.25, 0.3) is 0 Å². The highest BCUT2D eigenvalue weighted by Gasteiger charge is 2.52. The molecule has 0 saturated carbocycles. The van der Waals surface area contributed by atoms with E-state index in [1.165, 1.54) is 122 Å². The molecule has 2 nitrogen and oxygen atoms in total. The first-order valence-corrected chi connectivity index (χ1v) is 23.7. The van der Waals surface area contributed by atoms with Crippen molar-refractivity contribution in [1.29, 1.82) is 0 Å². The van der Waals surface area contributed by atoms with Crippen LogP contribution in [0.15, 0.2) is 218 Å². The van der Waals surface area contributed by atoms with Gasteiger partial charge in [0, 0.05) is 33.1 Å². The molecule has 1 atom stereocenters. The van der Waals surface area contributed by atoms with Crippen LogP contribution >= 0.6 is 0 Å². The van der Waals surface area contributed by atoms with E-state index in [9.17, 15) is 0 Å². The highest BCUT2D eigenvalue weighted by Crippen LogP contribution is 2.63. The van der Waals surface area contributed by atoms with E-state index < -0.39 is 5.41 Å². The van der Waals surface area contributed by atoms with Crippen molar-refractivity contribution in [1.82, 2.24) is 4.57 Å². The van der Waals surface area contributed by atoms with Crippen molar-refractivity contribution in [2.24, 2.45) is 0 Å². The lowest BCUT2D eigenvalue weighted by molar-refractivity contribution is 0.660. The summed E-state index contributed by atoms with van der Waals surface area (Å²) in [6, 6.07) is 82.8. The Hall–Kier alpha value is -8.20. The largest absolute Gasteiger partial charge is 0.310 e. The molecule has 0 N–H and O–H groups in total. The summed E-state index contributed by atoms with van der Waals surface area (Å²) in [5, 5.41) is 2.58. The molecule has 3 aliphatic carbocycles. The van der Waals surface area contributed by atoms with Crippen molar-refractivity contribution in [2.45, 2.75) is 31.1 Å². The highest BCUT2D eigenvalue weighted by molar-refractivity contribution is 6.13. The SMILES string of the molecule is CC1(C)c2ccccc2-c2ccc(N(c3ccc(-c4ccc5c(c4)-c4ccccc4C5)cc3)c3cccc4c3-c3ccccc3C43c4ccccc4-n4c5ccccc5c5cccc3c54)cc21. The maximum Gasteiger partial charge on any atom is 0.0755 e. The lowest BCUT2D eigenvalue weighted by atomic mass is 9.65. The molecule has 0 saturated heterocycles. The molecule has 1 aromatic heterocycles. The van der Waals surface area contributed by atoms with Gasteiger partial charge in [-0.15, -0.1) is 0 Å². The number of aromatic nitrogens is 1. The Morgan fingerprint density at radius 3 is 1.91 bits per heavy atom. The molecule has 0 amide bonds. The number of fused-ring (bicyclic) bond motifs is 18. The monoisotopic (exact) mass is 852 g/mol. The predicted molar refractivity (Wildman–Crippen MR) is 278 cm³/mol. The number of benzene rings is 10. The Morgan fingerprint density at radius 1 is 0.403 bits per heavy atom. The third kappa shape index (κ3) is 4.74. The number of hydrogen-bond acceptors (Lipinski definition) is 1. The third-order valence-corrected chi connectivity index (χ3v) is 16.0. The first kappa shape index (κ1) is 37.1. The molecular weight excluding hydrogens is 809 g/mol. The maximum absolute atomic E-state index is 2.54. The van der Waals surface area contributed by atoms with Crippen LogP contribution < -0.4 is 4.90 Å². The minimum Gasteiger partial charge on any atom is -0.310 e. The van der Waals surface area contributed by atoms with Crippen LogP contribution in [0.1, 0.15) is 58.4 Å². The molecule has 0 radical (unpaired) electrons. The van der Waals surface area contributed by atoms with Crippen LogP contribution in [0, 0.1) is 0 Å². The second-order valence-corrected chi connectivity index (χ2v) is 19.6. The Balaban J connectivity index is 0.977. The summed E-state index contributed by atoms with van der Waals surface area (Å²) in [4.78, 5) is 2.54. The van der Waals surface area contributed by atoms with Crippen molar-refractivity contribution in [3.8, 4) is 50.2 Å². The molecule has 0 bridgehead atoms. The lowest BCUT2D eigenvalue weighted by Crippen LogP contribution is -2.33. The van der Waals surface area contributed by atoms with Crippen LogP contribution in [0.4, 0.5) is 17.1 Å². The average Bonchev–Trinajstić information content (AvgIpc) is 4.08. The summed E-state index contributed by atoms with van der Waals surface area (Å²) >= 11 is 0. The molecule has 10 aromatic carbocycles. The second-order valence-electron chi connectivity index (χ2n) is 19.6. The Morgan fingerprint density at radius 2 is 1.03 bits per heavy atom. The Labute approximate surface area is 390 Å².